The van der Waals surface area contributed by atoms with Crippen LogP contribution in [0.3, 0.4) is 0 Å². The Balaban J connectivity index is 2.06. The fourth-order valence-electron chi connectivity index (χ4n) is 1.82. The van der Waals surface area contributed by atoms with Crippen LogP contribution in [0.4, 0.5) is 5.69 Å². The Hall–Kier alpha value is -2.36. The highest BCUT2D eigenvalue weighted by Crippen LogP contribution is 2.13. The molecule has 0 atom stereocenters. The van der Waals surface area contributed by atoms with Crippen LogP contribution in [0.15, 0.2) is 42.7 Å². The number of benzene rings is 1. The SMILES string of the molecule is CCn1cc(C(=O)/C=C/c2ccc(N(C)C)cc2)cn1. The predicted molar refractivity (Wildman–Crippen MR) is 82.0 cm³/mol. The van der Waals surface area contributed by atoms with Crippen molar-refractivity contribution in [2.24, 2.45) is 0 Å². The van der Waals surface area contributed by atoms with Crippen molar-refractivity contribution >= 4 is 17.5 Å². The van der Waals surface area contributed by atoms with E-state index in [1.165, 1.54) is 0 Å². The first kappa shape index (κ1) is 14.1. The first-order chi connectivity index (χ1) is 9.60. The number of aryl methyl sites for hydroxylation is 1. The Morgan fingerprint density at radius 2 is 2.00 bits per heavy atom. The van der Waals surface area contributed by atoms with E-state index in [2.05, 4.69) is 5.10 Å². The zero-order chi connectivity index (χ0) is 14.5. The van der Waals surface area contributed by atoms with Crippen molar-refractivity contribution in [3.63, 3.8) is 0 Å². The standard InChI is InChI=1S/C16H19N3O/c1-4-19-12-14(11-17-19)16(20)10-7-13-5-8-15(9-6-13)18(2)3/h5-12H,4H2,1-3H3/b10-7+. The van der Waals surface area contributed by atoms with Gasteiger partial charge in [-0.15, -0.1) is 0 Å². The summed E-state index contributed by atoms with van der Waals surface area (Å²) >= 11 is 0. The zero-order valence-corrected chi connectivity index (χ0v) is 12.1. The van der Waals surface area contributed by atoms with Crippen molar-refractivity contribution in [3.8, 4) is 0 Å². The number of anilines is 1. The van der Waals surface area contributed by atoms with Gasteiger partial charge in [0.25, 0.3) is 0 Å². The highest BCUT2D eigenvalue weighted by molar-refractivity contribution is 6.06. The van der Waals surface area contributed by atoms with Gasteiger partial charge in [-0.25, -0.2) is 0 Å². The molecular weight excluding hydrogens is 250 g/mol. The molecule has 4 nitrogen and oxygen atoms in total. The van der Waals surface area contributed by atoms with Crippen LogP contribution in [-0.4, -0.2) is 29.7 Å². The summed E-state index contributed by atoms with van der Waals surface area (Å²) in [6.07, 6.45) is 6.78. The number of hydrogen-bond acceptors (Lipinski definition) is 3. The van der Waals surface area contributed by atoms with Crippen LogP contribution in [0.5, 0.6) is 0 Å². The summed E-state index contributed by atoms with van der Waals surface area (Å²) in [5.74, 6) is -0.0265. The van der Waals surface area contributed by atoms with Crippen LogP contribution in [0.1, 0.15) is 22.8 Å². The van der Waals surface area contributed by atoms with Gasteiger partial charge in [0.05, 0.1) is 11.8 Å². The average Bonchev–Trinajstić information content (AvgIpc) is 2.94. The third-order valence-corrected chi connectivity index (χ3v) is 3.08. The molecule has 0 bridgehead atoms. The summed E-state index contributed by atoms with van der Waals surface area (Å²) < 4.78 is 1.74. The van der Waals surface area contributed by atoms with Crippen LogP contribution >= 0.6 is 0 Å². The largest absolute Gasteiger partial charge is 0.378 e. The van der Waals surface area contributed by atoms with Crippen LogP contribution in [0.25, 0.3) is 6.08 Å². The maximum absolute atomic E-state index is 12.0. The molecule has 0 radical (unpaired) electrons. The van der Waals surface area contributed by atoms with Gasteiger partial charge in [0.15, 0.2) is 5.78 Å². The van der Waals surface area contributed by atoms with Gasteiger partial charge in [0.2, 0.25) is 0 Å². The Morgan fingerprint density at radius 1 is 1.30 bits per heavy atom. The zero-order valence-electron chi connectivity index (χ0n) is 12.1. The minimum atomic E-state index is -0.0265. The minimum Gasteiger partial charge on any atom is -0.378 e. The number of carbonyl (C=O) groups is 1. The van der Waals surface area contributed by atoms with Crippen LogP contribution < -0.4 is 4.90 Å². The summed E-state index contributed by atoms with van der Waals surface area (Å²) in [6, 6.07) is 8.04. The number of aromatic nitrogens is 2. The first-order valence-corrected chi connectivity index (χ1v) is 6.62. The van der Waals surface area contributed by atoms with Gasteiger partial charge in [-0.1, -0.05) is 18.2 Å². The number of nitrogens with zero attached hydrogens (tertiary/aromatic N) is 3. The van der Waals surface area contributed by atoms with E-state index in [4.69, 9.17) is 0 Å². The molecule has 2 rings (SSSR count). The number of ketones is 1. The number of hydrogen-bond donors (Lipinski definition) is 0. The van der Waals surface area contributed by atoms with Gasteiger partial charge >= 0.3 is 0 Å². The van der Waals surface area contributed by atoms with Crippen molar-refractivity contribution in [1.29, 1.82) is 0 Å². The maximum atomic E-state index is 12.0. The quantitative estimate of drug-likeness (QED) is 0.619. The second-order valence-electron chi connectivity index (χ2n) is 4.77. The van der Waals surface area contributed by atoms with E-state index >= 15 is 0 Å². The molecule has 104 valence electrons. The Kier molecular flexibility index (Phi) is 4.35. The number of carbonyl (C=O) groups excluding carboxylic acids is 1. The van der Waals surface area contributed by atoms with Crippen molar-refractivity contribution in [1.82, 2.24) is 9.78 Å². The Morgan fingerprint density at radius 3 is 2.55 bits per heavy atom. The lowest BCUT2D eigenvalue weighted by molar-refractivity contribution is 0.104. The van der Waals surface area contributed by atoms with E-state index in [9.17, 15) is 4.79 Å². The van der Waals surface area contributed by atoms with E-state index in [1.807, 2.05) is 56.3 Å². The van der Waals surface area contributed by atoms with Gasteiger partial charge in [0.1, 0.15) is 0 Å². The van der Waals surface area contributed by atoms with Crippen LogP contribution in [-0.2, 0) is 6.54 Å². The van der Waals surface area contributed by atoms with Crippen molar-refractivity contribution in [3.05, 3.63) is 53.9 Å². The fourth-order valence-corrected chi connectivity index (χ4v) is 1.82. The summed E-state index contributed by atoms with van der Waals surface area (Å²) in [7, 11) is 4.00. The summed E-state index contributed by atoms with van der Waals surface area (Å²) in [5.41, 5.74) is 2.76. The second-order valence-corrected chi connectivity index (χ2v) is 4.77. The van der Waals surface area contributed by atoms with E-state index in [-0.39, 0.29) is 5.78 Å². The van der Waals surface area contributed by atoms with Gasteiger partial charge in [-0.3, -0.25) is 9.48 Å². The summed E-state index contributed by atoms with van der Waals surface area (Å²) in [6.45, 7) is 2.76. The molecule has 0 saturated heterocycles. The average molecular weight is 269 g/mol. The van der Waals surface area contributed by atoms with Crippen LogP contribution in [0, 0.1) is 0 Å². The lowest BCUT2D eigenvalue weighted by atomic mass is 10.1. The Bertz CT molecular complexity index is 609. The maximum Gasteiger partial charge on any atom is 0.189 e. The molecule has 0 aliphatic rings. The second kappa shape index (κ2) is 6.19. The predicted octanol–water partition coefficient (Wildman–Crippen LogP) is 2.87. The third-order valence-electron chi connectivity index (χ3n) is 3.08. The molecule has 1 heterocycles. The van der Waals surface area contributed by atoms with Gasteiger partial charge < -0.3 is 4.90 Å². The molecule has 0 amide bonds. The molecule has 0 N–H and O–H groups in total. The molecule has 4 heteroatoms. The molecule has 1 aromatic carbocycles. The lowest BCUT2D eigenvalue weighted by Gasteiger charge is -2.11. The molecule has 1 aromatic heterocycles. The molecule has 20 heavy (non-hydrogen) atoms. The molecule has 0 spiro atoms. The summed E-state index contributed by atoms with van der Waals surface area (Å²) in [4.78, 5) is 14.0. The molecule has 2 aromatic rings. The van der Waals surface area contributed by atoms with Gasteiger partial charge in [0, 0.05) is 32.5 Å². The van der Waals surface area contributed by atoms with Gasteiger partial charge in [-0.05, 0) is 30.7 Å². The van der Waals surface area contributed by atoms with Crippen molar-refractivity contribution in [2.45, 2.75) is 13.5 Å². The topological polar surface area (TPSA) is 38.1 Å². The van der Waals surface area contributed by atoms with E-state index in [0.29, 0.717) is 5.56 Å². The van der Waals surface area contributed by atoms with Crippen molar-refractivity contribution < 1.29 is 4.79 Å². The minimum absolute atomic E-state index is 0.0265. The normalized spacial score (nSPS) is 10.9. The number of allylic oxidation sites excluding steroid dienone is 1. The summed E-state index contributed by atoms with van der Waals surface area (Å²) in [5, 5.41) is 4.10. The monoisotopic (exact) mass is 269 g/mol. The van der Waals surface area contributed by atoms with E-state index in [0.717, 1.165) is 17.8 Å². The lowest BCUT2D eigenvalue weighted by Crippen LogP contribution is -2.07. The highest BCUT2D eigenvalue weighted by Gasteiger charge is 2.04. The smallest absolute Gasteiger partial charge is 0.189 e. The first-order valence-electron chi connectivity index (χ1n) is 6.62. The number of rotatable bonds is 5. The fraction of sp³-hybridized carbons (Fsp3) is 0.250. The molecule has 0 aliphatic carbocycles. The van der Waals surface area contributed by atoms with E-state index in [1.54, 1.807) is 23.2 Å². The Labute approximate surface area is 119 Å². The molecule has 0 saturated carbocycles. The van der Waals surface area contributed by atoms with Gasteiger partial charge in [-0.2, -0.15) is 5.10 Å². The highest BCUT2D eigenvalue weighted by atomic mass is 16.1. The molecule has 0 aliphatic heterocycles. The van der Waals surface area contributed by atoms with Crippen LogP contribution in [0.2, 0.25) is 0 Å². The molecule has 0 fully saturated rings. The van der Waals surface area contributed by atoms with E-state index < -0.39 is 0 Å². The third kappa shape index (κ3) is 3.35. The molecular formula is C16H19N3O. The van der Waals surface area contributed by atoms with Crippen molar-refractivity contribution in [2.75, 3.05) is 19.0 Å². The molecule has 0 unspecified atom stereocenters.